The molecule has 0 spiro atoms. The predicted molar refractivity (Wildman–Crippen MR) is 110 cm³/mol. The summed E-state index contributed by atoms with van der Waals surface area (Å²) in [7, 11) is 0. The molecular weight excluding hydrogens is 366 g/mol. The van der Waals surface area contributed by atoms with Crippen molar-refractivity contribution in [2.24, 2.45) is 5.73 Å². The fourth-order valence-corrected chi connectivity index (χ4v) is 3.81. The summed E-state index contributed by atoms with van der Waals surface area (Å²) in [4.78, 5) is 38.5. The minimum atomic E-state index is -0.298. The summed E-state index contributed by atoms with van der Waals surface area (Å²) in [6.45, 7) is 2.79. The fraction of sp³-hybridized carbons (Fsp3) is 0.273. The first-order valence-corrected chi connectivity index (χ1v) is 9.61. The second kappa shape index (κ2) is 7.97. The van der Waals surface area contributed by atoms with E-state index in [1.165, 1.54) is 0 Å². The van der Waals surface area contributed by atoms with Gasteiger partial charge in [0.1, 0.15) is 5.82 Å². The van der Waals surface area contributed by atoms with Crippen LogP contribution in [0.3, 0.4) is 0 Å². The number of benzene rings is 1. The number of carbonyl (C=O) groups is 1. The van der Waals surface area contributed by atoms with Gasteiger partial charge in [-0.15, -0.1) is 0 Å². The predicted octanol–water partition coefficient (Wildman–Crippen LogP) is 1.64. The lowest BCUT2D eigenvalue weighted by Crippen LogP contribution is -2.34. The highest BCUT2D eigenvalue weighted by Crippen LogP contribution is 2.26. The Hall–Kier alpha value is -3.32. The van der Waals surface area contributed by atoms with Crippen LogP contribution in [0.1, 0.15) is 22.7 Å². The van der Waals surface area contributed by atoms with Crippen LogP contribution in [0.2, 0.25) is 0 Å². The van der Waals surface area contributed by atoms with Crippen LogP contribution in [0.25, 0.3) is 11.4 Å². The average Bonchev–Trinajstić information content (AvgIpc) is 3.13. The number of aryl methyl sites for hydroxylation is 1. The molecule has 0 radical (unpaired) electrons. The molecule has 1 fully saturated rings. The van der Waals surface area contributed by atoms with Gasteiger partial charge in [0.05, 0.1) is 6.42 Å². The van der Waals surface area contributed by atoms with E-state index in [-0.39, 0.29) is 29.8 Å². The Balaban J connectivity index is 1.51. The van der Waals surface area contributed by atoms with Crippen LogP contribution in [0.5, 0.6) is 0 Å². The third kappa shape index (κ3) is 3.95. The van der Waals surface area contributed by atoms with Crippen LogP contribution in [-0.2, 0) is 11.2 Å². The number of nitrogens with two attached hydrogens (primary N) is 1. The zero-order valence-electron chi connectivity index (χ0n) is 16.2. The largest absolute Gasteiger partial charge is 0.340 e. The van der Waals surface area contributed by atoms with Gasteiger partial charge in [0.25, 0.3) is 5.56 Å². The molecule has 0 aliphatic carbocycles. The quantitative estimate of drug-likeness (QED) is 0.706. The van der Waals surface area contributed by atoms with E-state index in [9.17, 15) is 9.59 Å². The normalized spacial score (nSPS) is 18.8. The Morgan fingerprint density at radius 3 is 2.69 bits per heavy atom. The number of aromatic nitrogens is 3. The Kier molecular flexibility index (Phi) is 5.22. The molecule has 0 saturated carbocycles. The van der Waals surface area contributed by atoms with E-state index in [1.54, 1.807) is 30.3 Å². The van der Waals surface area contributed by atoms with E-state index in [1.807, 2.05) is 36.4 Å². The van der Waals surface area contributed by atoms with Gasteiger partial charge < -0.3 is 15.6 Å². The molecule has 3 aromatic rings. The molecule has 0 unspecified atom stereocenters. The lowest BCUT2D eigenvalue weighted by atomic mass is 9.95. The topological polar surface area (TPSA) is 105 Å². The van der Waals surface area contributed by atoms with Crippen LogP contribution < -0.4 is 11.3 Å². The van der Waals surface area contributed by atoms with Crippen molar-refractivity contribution < 1.29 is 4.79 Å². The molecule has 4 rings (SSSR count). The van der Waals surface area contributed by atoms with Crippen molar-refractivity contribution in [3.63, 3.8) is 0 Å². The number of H-pyrrole nitrogens is 1. The summed E-state index contributed by atoms with van der Waals surface area (Å²) >= 11 is 0. The van der Waals surface area contributed by atoms with Gasteiger partial charge in [0.2, 0.25) is 5.91 Å². The smallest absolute Gasteiger partial charge is 0.255 e. The van der Waals surface area contributed by atoms with Gasteiger partial charge in [-0.1, -0.05) is 30.3 Å². The highest BCUT2D eigenvalue weighted by molar-refractivity contribution is 5.79. The first kappa shape index (κ1) is 19.0. The van der Waals surface area contributed by atoms with E-state index >= 15 is 0 Å². The van der Waals surface area contributed by atoms with Crippen molar-refractivity contribution in [2.45, 2.75) is 25.3 Å². The van der Waals surface area contributed by atoms with Crippen molar-refractivity contribution in [3.8, 4) is 11.4 Å². The highest BCUT2D eigenvalue weighted by Gasteiger charge is 2.34. The third-order valence-electron chi connectivity index (χ3n) is 5.43. The van der Waals surface area contributed by atoms with Crippen LogP contribution in [0.15, 0.2) is 59.7 Å². The van der Waals surface area contributed by atoms with E-state index in [0.29, 0.717) is 30.2 Å². The third-order valence-corrected chi connectivity index (χ3v) is 5.43. The molecule has 0 bridgehead atoms. The highest BCUT2D eigenvalue weighted by atomic mass is 16.2. The summed E-state index contributed by atoms with van der Waals surface area (Å²) < 4.78 is 0. The second-order valence-electron chi connectivity index (χ2n) is 7.38. The van der Waals surface area contributed by atoms with Gasteiger partial charge in [-0.3, -0.25) is 14.6 Å². The number of carbonyl (C=O) groups excluding carboxylic acids is 1. The standard InChI is InChI=1S/C22H23N5O2/c1-14-17(22(29)26-21(25-14)16-8-5-9-24-11-16)10-20(28)27-12-18(19(23)13-27)15-6-3-2-4-7-15/h2-9,11,18-19H,10,12-13,23H2,1H3,(H,25,26,29)/t18-,19+/m0/s1. The number of hydrogen-bond acceptors (Lipinski definition) is 5. The molecule has 1 aliphatic rings. The molecule has 2 aromatic heterocycles. The molecular formula is C22H23N5O2. The van der Waals surface area contributed by atoms with Gasteiger partial charge in [-0.05, 0) is 24.6 Å². The van der Waals surface area contributed by atoms with Crippen LogP contribution in [-0.4, -0.2) is 44.9 Å². The zero-order valence-corrected chi connectivity index (χ0v) is 16.2. The Labute approximate surface area is 168 Å². The maximum absolute atomic E-state index is 12.9. The number of amides is 1. The first-order chi connectivity index (χ1) is 14.0. The van der Waals surface area contributed by atoms with Gasteiger partial charge in [-0.2, -0.15) is 0 Å². The summed E-state index contributed by atoms with van der Waals surface area (Å²) in [6.07, 6.45) is 3.30. The van der Waals surface area contributed by atoms with E-state index in [4.69, 9.17) is 5.73 Å². The van der Waals surface area contributed by atoms with Gasteiger partial charge >= 0.3 is 0 Å². The number of pyridine rings is 1. The summed E-state index contributed by atoms with van der Waals surface area (Å²) in [6, 6.07) is 13.5. The van der Waals surface area contributed by atoms with E-state index < -0.39 is 0 Å². The van der Waals surface area contributed by atoms with E-state index in [2.05, 4.69) is 15.0 Å². The fourth-order valence-electron chi connectivity index (χ4n) is 3.81. The minimum absolute atomic E-state index is 0.00964. The molecule has 3 heterocycles. The SMILES string of the molecule is Cc1nc(-c2cccnc2)[nH]c(=O)c1CC(=O)N1C[C@@H](N)[C@H](c2ccccc2)C1. The van der Waals surface area contributed by atoms with Crippen molar-refractivity contribution in [1.82, 2.24) is 19.9 Å². The number of nitrogens with one attached hydrogen (secondary N) is 1. The van der Waals surface area contributed by atoms with Gasteiger partial charge in [-0.25, -0.2) is 4.98 Å². The zero-order chi connectivity index (χ0) is 20.4. The van der Waals surface area contributed by atoms with Gasteiger partial charge in [0.15, 0.2) is 0 Å². The average molecular weight is 389 g/mol. The Bertz CT molecular complexity index is 1070. The number of likely N-dealkylation sites (tertiary alicyclic amines) is 1. The molecule has 1 aromatic carbocycles. The molecule has 7 heteroatoms. The van der Waals surface area contributed by atoms with Crippen molar-refractivity contribution in [1.29, 1.82) is 0 Å². The number of aromatic amines is 1. The summed E-state index contributed by atoms with van der Waals surface area (Å²) in [5.41, 5.74) is 8.79. The van der Waals surface area contributed by atoms with E-state index in [0.717, 1.165) is 11.1 Å². The molecule has 7 nitrogen and oxygen atoms in total. The summed E-state index contributed by atoms with van der Waals surface area (Å²) in [5.74, 6) is 0.443. The molecule has 29 heavy (non-hydrogen) atoms. The number of rotatable bonds is 4. The lowest BCUT2D eigenvalue weighted by Gasteiger charge is -2.17. The molecule has 148 valence electrons. The molecule has 2 atom stereocenters. The van der Waals surface area contributed by atoms with Crippen LogP contribution in [0, 0.1) is 6.92 Å². The number of hydrogen-bond donors (Lipinski definition) is 2. The second-order valence-corrected chi connectivity index (χ2v) is 7.38. The van der Waals surface area contributed by atoms with Gasteiger partial charge in [0, 0.05) is 54.3 Å². The lowest BCUT2D eigenvalue weighted by molar-refractivity contribution is -0.129. The molecule has 1 saturated heterocycles. The van der Waals surface area contributed by atoms with Crippen LogP contribution >= 0.6 is 0 Å². The number of nitrogens with zero attached hydrogens (tertiary/aromatic N) is 3. The van der Waals surface area contributed by atoms with Crippen molar-refractivity contribution >= 4 is 5.91 Å². The molecule has 1 aliphatic heterocycles. The summed E-state index contributed by atoms with van der Waals surface area (Å²) in [5, 5.41) is 0. The molecule has 1 amide bonds. The van der Waals surface area contributed by atoms with Crippen molar-refractivity contribution in [3.05, 3.63) is 82.0 Å². The Morgan fingerprint density at radius 1 is 1.21 bits per heavy atom. The minimum Gasteiger partial charge on any atom is -0.340 e. The maximum atomic E-state index is 12.9. The maximum Gasteiger partial charge on any atom is 0.255 e. The molecule has 3 N–H and O–H groups in total. The monoisotopic (exact) mass is 389 g/mol. The Morgan fingerprint density at radius 2 is 2.00 bits per heavy atom. The van der Waals surface area contributed by atoms with Crippen molar-refractivity contribution in [2.75, 3.05) is 13.1 Å². The first-order valence-electron chi connectivity index (χ1n) is 9.61. The van der Waals surface area contributed by atoms with Crippen LogP contribution in [0.4, 0.5) is 0 Å².